The number of amides is 2. The van der Waals surface area contributed by atoms with E-state index in [-0.39, 0.29) is 23.9 Å². The maximum atomic E-state index is 12.4. The lowest BCUT2D eigenvalue weighted by Gasteiger charge is -2.36. The lowest BCUT2D eigenvalue weighted by atomic mass is 10.1. The van der Waals surface area contributed by atoms with Crippen molar-refractivity contribution in [2.24, 2.45) is 0 Å². The molecule has 0 spiro atoms. The van der Waals surface area contributed by atoms with Crippen molar-refractivity contribution in [1.29, 1.82) is 0 Å². The van der Waals surface area contributed by atoms with Crippen LogP contribution in [0.3, 0.4) is 0 Å². The van der Waals surface area contributed by atoms with Crippen LogP contribution in [-0.4, -0.2) is 45.6 Å². The summed E-state index contributed by atoms with van der Waals surface area (Å²) in [5, 5.41) is 6.86. The van der Waals surface area contributed by atoms with Gasteiger partial charge in [-0.2, -0.15) is 5.10 Å². The maximum absolute atomic E-state index is 12.4. The van der Waals surface area contributed by atoms with Crippen LogP contribution >= 0.6 is 0 Å². The summed E-state index contributed by atoms with van der Waals surface area (Å²) in [5.74, 6) is -0.120. The second-order valence-corrected chi connectivity index (χ2v) is 4.41. The molecule has 2 unspecified atom stereocenters. The zero-order valence-electron chi connectivity index (χ0n) is 10.7. The predicted molar refractivity (Wildman–Crippen MR) is 65.7 cm³/mol. The first-order chi connectivity index (χ1) is 8.65. The number of nitrogens with zero attached hydrogens (tertiary/aromatic N) is 3. The number of carbonyl (C=O) groups excluding carboxylic acids is 2. The van der Waals surface area contributed by atoms with Crippen LogP contribution in [0.15, 0.2) is 18.5 Å². The predicted octanol–water partition coefficient (Wildman–Crippen LogP) is 0.181. The van der Waals surface area contributed by atoms with Gasteiger partial charge in [-0.15, -0.1) is 0 Å². The molecule has 1 aromatic heterocycles. The minimum atomic E-state index is -0.375. The minimum absolute atomic E-state index is 0.0552. The third kappa shape index (κ3) is 2.23. The number of hydrogen-bond donors (Lipinski definition) is 1. The van der Waals surface area contributed by atoms with Crippen molar-refractivity contribution in [3.8, 4) is 0 Å². The zero-order chi connectivity index (χ0) is 13.1. The van der Waals surface area contributed by atoms with Crippen LogP contribution in [0.25, 0.3) is 0 Å². The first-order valence-corrected chi connectivity index (χ1v) is 6.22. The van der Waals surface area contributed by atoms with E-state index in [0.717, 1.165) is 0 Å². The molecule has 2 amide bonds. The van der Waals surface area contributed by atoms with Crippen molar-refractivity contribution in [3.05, 3.63) is 18.5 Å². The highest BCUT2D eigenvalue weighted by molar-refractivity contribution is 5.90. The van der Waals surface area contributed by atoms with Gasteiger partial charge in [0.05, 0.1) is 0 Å². The van der Waals surface area contributed by atoms with E-state index < -0.39 is 0 Å². The molecule has 1 aliphatic heterocycles. The summed E-state index contributed by atoms with van der Waals surface area (Å²) < 4.78 is 1.61. The molecular weight excluding hydrogens is 232 g/mol. The van der Waals surface area contributed by atoms with Crippen LogP contribution in [0.5, 0.6) is 0 Å². The van der Waals surface area contributed by atoms with E-state index in [9.17, 15) is 9.59 Å². The van der Waals surface area contributed by atoms with Crippen molar-refractivity contribution in [1.82, 2.24) is 20.0 Å². The molecule has 6 heteroatoms. The Morgan fingerprint density at radius 1 is 1.67 bits per heavy atom. The first-order valence-electron chi connectivity index (χ1n) is 6.22. The van der Waals surface area contributed by atoms with E-state index in [1.54, 1.807) is 35.0 Å². The quantitative estimate of drug-likeness (QED) is 0.832. The molecule has 98 valence electrons. The molecule has 18 heavy (non-hydrogen) atoms. The van der Waals surface area contributed by atoms with Crippen LogP contribution in [0, 0.1) is 0 Å². The molecule has 0 radical (unpaired) electrons. The standard InChI is InChI=1S/C12H18N4O2/c1-3-10-11(17)13-6-8-15(10)12(18)9(2)16-7-4-5-14-16/h4-5,7,9-10H,3,6,8H2,1-2H3,(H,13,17). The van der Waals surface area contributed by atoms with Crippen molar-refractivity contribution < 1.29 is 9.59 Å². The molecule has 1 aliphatic rings. The highest BCUT2D eigenvalue weighted by atomic mass is 16.2. The first kappa shape index (κ1) is 12.6. The van der Waals surface area contributed by atoms with Gasteiger partial charge < -0.3 is 10.2 Å². The normalized spacial score (nSPS) is 21.6. The fourth-order valence-corrected chi connectivity index (χ4v) is 2.25. The molecule has 6 nitrogen and oxygen atoms in total. The van der Waals surface area contributed by atoms with E-state index >= 15 is 0 Å². The van der Waals surface area contributed by atoms with Gasteiger partial charge in [0.2, 0.25) is 11.8 Å². The molecule has 1 N–H and O–H groups in total. The monoisotopic (exact) mass is 250 g/mol. The average Bonchev–Trinajstić information content (AvgIpc) is 2.90. The molecule has 1 fully saturated rings. The van der Waals surface area contributed by atoms with Crippen LogP contribution in [0.2, 0.25) is 0 Å². The molecule has 0 aliphatic carbocycles. The maximum Gasteiger partial charge on any atom is 0.247 e. The van der Waals surface area contributed by atoms with Gasteiger partial charge in [0.1, 0.15) is 12.1 Å². The number of hydrogen-bond acceptors (Lipinski definition) is 3. The Hall–Kier alpha value is -1.85. The highest BCUT2D eigenvalue weighted by Crippen LogP contribution is 2.15. The van der Waals surface area contributed by atoms with Gasteiger partial charge in [0.15, 0.2) is 0 Å². The van der Waals surface area contributed by atoms with E-state index in [0.29, 0.717) is 19.5 Å². The summed E-state index contributed by atoms with van der Waals surface area (Å²) in [4.78, 5) is 25.8. The Bertz CT molecular complexity index is 429. The number of piperazine rings is 1. The molecule has 1 saturated heterocycles. The topological polar surface area (TPSA) is 67.2 Å². The van der Waals surface area contributed by atoms with E-state index in [1.807, 2.05) is 6.92 Å². The van der Waals surface area contributed by atoms with Crippen LogP contribution in [-0.2, 0) is 9.59 Å². The highest BCUT2D eigenvalue weighted by Gasteiger charge is 2.34. The smallest absolute Gasteiger partial charge is 0.247 e. The van der Waals surface area contributed by atoms with Gasteiger partial charge in [-0.3, -0.25) is 14.3 Å². The third-order valence-electron chi connectivity index (χ3n) is 3.28. The number of aromatic nitrogens is 2. The SMILES string of the molecule is CCC1C(=O)NCCN1C(=O)C(C)n1cccn1. The summed E-state index contributed by atoms with van der Waals surface area (Å²) >= 11 is 0. The van der Waals surface area contributed by atoms with Crippen LogP contribution < -0.4 is 5.32 Å². The van der Waals surface area contributed by atoms with Crippen LogP contribution in [0.1, 0.15) is 26.3 Å². The fourth-order valence-electron chi connectivity index (χ4n) is 2.25. The Kier molecular flexibility index (Phi) is 3.64. The Labute approximate surface area is 106 Å². The molecule has 0 bridgehead atoms. The second kappa shape index (κ2) is 5.20. The molecule has 0 aromatic carbocycles. The molecule has 2 heterocycles. The molecule has 2 rings (SSSR count). The average molecular weight is 250 g/mol. The van der Waals surface area contributed by atoms with Crippen molar-refractivity contribution in [2.45, 2.75) is 32.4 Å². The van der Waals surface area contributed by atoms with E-state index in [1.165, 1.54) is 0 Å². The molecule has 1 aromatic rings. The van der Waals surface area contributed by atoms with Gasteiger partial charge in [-0.1, -0.05) is 6.92 Å². The summed E-state index contributed by atoms with van der Waals surface area (Å²) in [6.07, 6.45) is 4.03. The van der Waals surface area contributed by atoms with Gasteiger partial charge >= 0.3 is 0 Å². The molecular formula is C12H18N4O2. The van der Waals surface area contributed by atoms with E-state index in [2.05, 4.69) is 10.4 Å². The lowest BCUT2D eigenvalue weighted by Crippen LogP contribution is -2.58. The number of carbonyl (C=O) groups is 2. The van der Waals surface area contributed by atoms with Gasteiger partial charge in [-0.25, -0.2) is 0 Å². The van der Waals surface area contributed by atoms with E-state index in [4.69, 9.17) is 0 Å². The van der Waals surface area contributed by atoms with Crippen molar-refractivity contribution in [2.75, 3.05) is 13.1 Å². The van der Waals surface area contributed by atoms with Crippen molar-refractivity contribution in [3.63, 3.8) is 0 Å². The minimum Gasteiger partial charge on any atom is -0.353 e. The number of nitrogens with one attached hydrogen (secondary N) is 1. The summed E-state index contributed by atoms with van der Waals surface area (Å²) in [6.45, 7) is 4.80. The summed E-state index contributed by atoms with van der Waals surface area (Å²) in [5.41, 5.74) is 0. The third-order valence-corrected chi connectivity index (χ3v) is 3.28. The van der Waals surface area contributed by atoms with Gasteiger partial charge in [-0.05, 0) is 19.4 Å². The Morgan fingerprint density at radius 3 is 3.06 bits per heavy atom. The van der Waals surface area contributed by atoms with Gasteiger partial charge in [0.25, 0.3) is 0 Å². The Balaban J connectivity index is 2.14. The fraction of sp³-hybridized carbons (Fsp3) is 0.583. The summed E-state index contributed by atoms with van der Waals surface area (Å²) in [7, 11) is 0. The lowest BCUT2D eigenvalue weighted by molar-refractivity contribution is -0.145. The second-order valence-electron chi connectivity index (χ2n) is 4.41. The summed E-state index contributed by atoms with van der Waals surface area (Å²) in [6, 6.07) is 1.05. The van der Waals surface area contributed by atoms with Gasteiger partial charge in [0, 0.05) is 25.5 Å². The number of rotatable bonds is 3. The molecule has 0 saturated carbocycles. The largest absolute Gasteiger partial charge is 0.353 e. The Morgan fingerprint density at radius 2 is 2.44 bits per heavy atom. The molecule has 2 atom stereocenters. The van der Waals surface area contributed by atoms with Crippen molar-refractivity contribution >= 4 is 11.8 Å². The zero-order valence-corrected chi connectivity index (χ0v) is 10.7. The van der Waals surface area contributed by atoms with Crippen LogP contribution in [0.4, 0.5) is 0 Å².